The van der Waals surface area contributed by atoms with Crippen LogP contribution in [0.3, 0.4) is 0 Å². The Kier molecular flexibility index (Phi) is 6.81. The molecule has 0 unspecified atom stereocenters. The zero-order valence-corrected chi connectivity index (χ0v) is 16.7. The fourth-order valence-corrected chi connectivity index (χ4v) is 3.57. The Morgan fingerprint density at radius 2 is 1.74 bits per heavy atom. The van der Waals surface area contributed by atoms with Crippen LogP contribution in [0.25, 0.3) is 0 Å². The third-order valence-corrected chi connectivity index (χ3v) is 5.88. The maximum absolute atomic E-state index is 12.5. The van der Waals surface area contributed by atoms with E-state index < -0.39 is 15.9 Å². The maximum atomic E-state index is 12.5. The Balaban J connectivity index is 2.02. The van der Waals surface area contributed by atoms with Crippen molar-refractivity contribution < 1.29 is 22.7 Å². The predicted molar refractivity (Wildman–Crippen MR) is 102 cm³/mol. The molecule has 0 aliphatic carbocycles. The number of amides is 1. The topological polar surface area (TPSA) is 84.9 Å². The summed E-state index contributed by atoms with van der Waals surface area (Å²) < 4.78 is 36.6. The smallest absolute Gasteiger partial charge is 0.243 e. The Hall–Kier alpha value is -2.58. The molecule has 0 bridgehead atoms. The summed E-state index contributed by atoms with van der Waals surface area (Å²) >= 11 is 0. The number of sulfonamides is 1. The first-order valence-corrected chi connectivity index (χ1v) is 9.72. The van der Waals surface area contributed by atoms with Crippen molar-refractivity contribution in [1.82, 2.24) is 9.62 Å². The van der Waals surface area contributed by atoms with Gasteiger partial charge in [-0.05, 0) is 37.3 Å². The molecule has 0 saturated carbocycles. The molecule has 1 N–H and O–H groups in total. The average molecular weight is 392 g/mol. The van der Waals surface area contributed by atoms with E-state index in [-0.39, 0.29) is 18.0 Å². The molecule has 0 saturated heterocycles. The van der Waals surface area contributed by atoms with E-state index in [1.165, 1.54) is 26.3 Å². The van der Waals surface area contributed by atoms with Crippen molar-refractivity contribution in [2.24, 2.45) is 0 Å². The lowest BCUT2D eigenvalue weighted by atomic mass is 10.2. The number of nitrogens with zero attached hydrogens (tertiary/aromatic N) is 1. The summed E-state index contributed by atoms with van der Waals surface area (Å²) in [7, 11) is 0.734. The molecule has 0 atom stereocenters. The molecule has 2 aromatic carbocycles. The number of rotatable bonds is 8. The Morgan fingerprint density at radius 3 is 2.33 bits per heavy atom. The second-order valence-electron chi connectivity index (χ2n) is 6.03. The fourth-order valence-electron chi connectivity index (χ4n) is 2.45. The minimum Gasteiger partial charge on any atom is -0.497 e. The average Bonchev–Trinajstić information content (AvgIpc) is 2.66. The van der Waals surface area contributed by atoms with E-state index in [4.69, 9.17) is 9.47 Å². The number of hydrogen-bond acceptors (Lipinski definition) is 5. The lowest BCUT2D eigenvalue weighted by molar-refractivity contribution is -0.121. The van der Waals surface area contributed by atoms with Crippen LogP contribution < -0.4 is 14.8 Å². The molecular formula is C19H24N2O5S. The highest BCUT2D eigenvalue weighted by atomic mass is 32.2. The van der Waals surface area contributed by atoms with Crippen molar-refractivity contribution in [2.45, 2.75) is 18.4 Å². The fraction of sp³-hybridized carbons (Fsp3) is 0.316. The quantitative estimate of drug-likeness (QED) is 0.742. The molecule has 0 spiro atoms. The number of aryl methyl sites for hydroxylation is 1. The molecule has 0 aromatic heterocycles. The van der Waals surface area contributed by atoms with E-state index in [1.54, 1.807) is 37.4 Å². The van der Waals surface area contributed by atoms with Crippen LogP contribution in [0.15, 0.2) is 47.4 Å². The molecular weight excluding hydrogens is 368 g/mol. The molecule has 27 heavy (non-hydrogen) atoms. The van der Waals surface area contributed by atoms with Gasteiger partial charge in [-0.15, -0.1) is 0 Å². The van der Waals surface area contributed by atoms with Gasteiger partial charge in [-0.25, -0.2) is 8.42 Å². The van der Waals surface area contributed by atoms with Crippen LogP contribution in [0.2, 0.25) is 0 Å². The SMILES string of the molecule is COc1ccc(OC)c(CNC(=O)CN(C)S(=O)(=O)c2ccc(C)cc2)c1. The molecule has 0 fully saturated rings. The summed E-state index contributed by atoms with van der Waals surface area (Å²) in [4.78, 5) is 12.4. The molecule has 0 heterocycles. The zero-order valence-electron chi connectivity index (χ0n) is 15.9. The second-order valence-corrected chi connectivity index (χ2v) is 8.07. The van der Waals surface area contributed by atoms with Crippen molar-refractivity contribution in [1.29, 1.82) is 0 Å². The highest BCUT2D eigenvalue weighted by Crippen LogP contribution is 2.23. The van der Waals surface area contributed by atoms with Crippen LogP contribution in [-0.4, -0.2) is 46.4 Å². The van der Waals surface area contributed by atoms with E-state index in [0.29, 0.717) is 11.5 Å². The third-order valence-electron chi connectivity index (χ3n) is 4.06. The van der Waals surface area contributed by atoms with E-state index in [1.807, 2.05) is 6.92 Å². The van der Waals surface area contributed by atoms with Gasteiger partial charge in [-0.1, -0.05) is 17.7 Å². The van der Waals surface area contributed by atoms with Crippen LogP contribution in [-0.2, 0) is 21.4 Å². The molecule has 8 heteroatoms. The molecule has 2 rings (SSSR count). The van der Waals surface area contributed by atoms with Gasteiger partial charge < -0.3 is 14.8 Å². The molecule has 1 amide bonds. The monoisotopic (exact) mass is 392 g/mol. The van der Waals surface area contributed by atoms with Crippen molar-refractivity contribution in [3.8, 4) is 11.5 Å². The standard InChI is InChI=1S/C19H24N2O5S/c1-14-5-8-17(9-6-14)27(23,24)21(2)13-19(22)20-12-15-11-16(25-3)7-10-18(15)26-4/h5-11H,12-13H2,1-4H3,(H,20,22). The highest BCUT2D eigenvalue weighted by molar-refractivity contribution is 7.89. The van der Waals surface area contributed by atoms with Crippen molar-refractivity contribution in [2.75, 3.05) is 27.8 Å². The van der Waals surface area contributed by atoms with Gasteiger partial charge in [0, 0.05) is 19.2 Å². The van der Waals surface area contributed by atoms with Crippen LogP contribution in [0.4, 0.5) is 0 Å². The minimum atomic E-state index is -3.73. The molecule has 0 aliphatic heterocycles. The number of benzene rings is 2. The summed E-state index contributed by atoms with van der Waals surface area (Å²) in [5.74, 6) is 0.828. The summed E-state index contributed by atoms with van der Waals surface area (Å²) in [6, 6.07) is 11.7. The first-order valence-electron chi connectivity index (χ1n) is 8.28. The van der Waals surface area contributed by atoms with E-state index in [0.717, 1.165) is 15.4 Å². The number of methoxy groups -OCH3 is 2. The molecule has 146 valence electrons. The third kappa shape index (κ3) is 5.21. The number of carbonyl (C=O) groups excluding carboxylic acids is 1. The number of hydrogen-bond donors (Lipinski definition) is 1. The number of nitrogens with one attached hydrogen (secondary N) is 1. The first-order chi connectivity index (χ1) is 12.8. The normalized spacial score (nSPS) is 11.3. The first kappa shape index (κ1) is 20.7. The summed E-state index contributed by atoms with van der Waals surface area (Å²) in [5.41, 5.74) is 1.69. The van der Waals surface area contributed by atoms with E-state index >= 15 is 0 Å². The Morgan fingerprint density at radius 1 is 1.07 bits per heavy atom. The van der Waals surface area contributed by atoms with Gasteiger partial charge in [-0.2, -0.15) is 4.31 Å². The van der Waals surface area contributed by atoms with Gasteiger partial charge in [0.15, 0.2) is 0 Å². The van der Waals surface area contributed by atoms with Crippen LogP contribution in [0.1, 0.15) is 11.1 Å². The van der Waals surface area contributed by atoms with Gasteiger partial charge in [0.05, 0.1) is 25.7 Å². The van der Waals surface area contributed by atoms with Crippen LogP contribution in [0.5, 0.6) is 11.5 Å². The van der Waals surface area contributed by atoms with E-state index in [9.17, 15) is 13.2 Å². The van der Waals surface area contributed by atoms with Gasteiger partial charge in [0.2, 0.25) is 15.9 Å². The Labute approximate surface area is 160 Å². The van der Waals surface area contributed by atoms with Crippen LogP contribution >= 0.6 is 0 Å². The lowest BCUT2D eigenvalue weighted by Crippen LogP contribution is -2.38. The summed E-state index contributed by atoms with van der Waals surface area (Å²) in [6.07, 6.45) is 0. The predicted octanol–water partition coefficient (Wildman–Crippen LogP) is 1.95. The van der Waals surface area contributed by atoms with E-state index in [2.05, 4.69) is 5.32 Å². The van der Waals surface area contributed by atoms with Crippen molar-refractivity contribution in [3.63, 3.8) is 0 Å². The number of ether oxygens (including phenoxy) is 2. The largest absolute Gasteiger partial charge is 0.497 e. The minimum absolute atomic E-state index is 0.151. The Bertz CT molecular complexity index is 895. The summed E-state index contributed by atoms with van der Waals surface area (Å²) in [6.45, 7) is 1.78. The molecule has 0 radical (unpaired) electrons. The number of likely N-dealkylation sites (N-methyl/N-ethyl adjacent to an activating group) is 1. The second kappa shape index (κ2) is 8.88. The van der Waals surface area contributed by atoms with Gasteiger partial charge in [0.1, 0.15) is 11.5 Å². The van der Waals surface area contributed by atoms with Gasteiger partial charge in [0.25, 0.3) is 0 Å². The van der Waals surface area contributed by atoms with Gasteiger partial charge in [-0.3, -0.25) is 4.79 Å². The van der Waals surface area contributed by atoms with Crippen molar-refractivity contribution in [3.05, 3.63) is 53.6 Å². The molecule has 2 aromatic rings. The zero-order chi connectivity index (χ0) is 20.0. The van der Waals surface area contributed by atoms with Crippen LogP contribution in [0, 0.1) is 6.92 Å². The highest BCUT2D eigenvalue weighted by Gasteiger charge is 2.22. The van der Waals surface area contributed by atoms with Crippen molar-refractivity contribution >= 4 is 15.9 Å². The molecule has 7 nitrogen and oxygen atoms in total. The number of carbonyl (C=O) groups is 1. The van der Waals surface area contributed by atoms with Gasteiger partial charge >= 0.3 is 0 Å². The lowest BCUT2D eigenvalue weighted by Gasteiger charge is -2.17. The maximum Gasteiger partial charge on any atom is 0.243 e. The molecule has 0 aliphatic rings. The summed E-state index contributed by atoms with van der Waals surface area (Å²) in [5, 5.41) is 2.71.